The number of hydrogen-bond donors (Lipinski definition) is 0. The van der Waals surface area contributed by atoms with Gasteiger partial charge in [0.2, 0.25) is 15.9 Å². The van der Waals surface area contributed by atoms with Crippen molar-refractivity contribution in [3.05, 3.63) is 24.0 Å². The lowest BCUT2D eigenvalue weighted by Gasteiger charge is -2.54. The lowest BCUT2D eigenvalue weighted by molar-refractivity contribution is -0.151. The standard InChI is InChI=1S/C21H30N4O4S/c1-15-14-21(2,3)25(15)20(26)8-7-19-22-17-13-16(5-6-18(17)23(19)4)30(27,28)24-9-11-29-12-10-24/h5-6,13,15H,7-12,14H2,1-4H3/t15-/m0/s1. The Morgan fingerprint density at radius 2 is 1.97 bits per heavy atom. The SMILES string of the molecule is C[C@H]1CC(C)(C)N1C(=O)CCc1nc2cc(S(=O)(=O)N3CCOCC3)ccc2n1C. The first kappa shape index (κ1) is 21.3. The number of benzene rings is 1. The molecule has 1 amide bonds. The normalized spacial score (nSPS) is 22.3. The predicted molar refractivity (Wildman–Crippen MR) is 114 cm³/mol. The molecule has 2 saturated heterocycles. The first-order valence-corrected chi connectivity index (χ1v) is 11.9. The van der Waals surface area contributed by atoms with Gasteiger partial charge in [-0.25, -0.2) is 13.4 Å². The van der Waals surface area contributed by atoms with Gasteiger partial charge in [-0.15, -0.1) is 0 Å². The quantitative estimate of drug-likeness (QED) is 0.718. The zero-order valence-electron chi connectivity index (χ0n) is 18.1. The maximum absolute atomic E-state index is 12.9. The van der Waals surface area contributed by atoms with Crippen molar-refractivity contribution in [3.8, 4) is 0 Å². The van der Waals surface area contributed by atoms with Crippen LogP contribution in [0.2, 0.25) is 0 Å². The molecule has 30 heavy (non-hydrogen) atoms. The Morgan fingerprint density at radius 3 is 2.60 bits per heavy atom. The fraction of sp³-hybridized carbons (Fsp3) is 0.619. The number of nitrogens with zero attached hydrogens (tertiary/aromatic N) is 4. The number of carbonyl (C=O) groups is 1. The monoisotopic (exact) mass is 434 g/mol. The zero-order valence-corrected chi connectivity index (χ0v) is 18.9. The second kappa shape index (κ2) is 7.62. The second-order valence-corrected chi connectivity index (χ2v) is 10.8. The molecule has 2 fully saturated rings. The van der Waals surface area contributed by atoms with Crippen LogP contribution in [-0.4, -0.2) is 71.0 Å². The molecule has 2 aliphatic heterocycles. The molecule has 3 heterocycles. The minimum absolute atomic E-state index is 0.0778. The molecular weight excluding hydrogens is 404 g/mol. The Morgan fingerprint density at radius 1 is 1.27 bits per heavy atom. The van der Waals surface area contributed by atoms with Gasteiger partial charge >= 0.3 is 0 Å². The molecule has 164 valence electrons. The zero-order chi connectivity index (χ0) is 21.7. The number of imidazole rings is 1. The van der Waals surface area contributed by atoms with Gasteiger partial charge in [0.05, 0.1) is 29.1 Å². The van der Waals surface area contributed by atoms with Crippen LogP contribution in [-0.2, 0) is 33.0 Å². The fourth-order valence-corrected chi connectivity index (χ4v) is 6.30. The number of amides is 1. The van der Waals surface area contributed by atoms with Crippen molar-refractivity contribution in [3.63, 3.8) is 0 Å². The summed E-state index contributed by atoms with van der Waals surface area (Å²) in [5.74, 6) is 0.923. The van der Waals surface area contributed by atoms with E-state index in [1.807, 2.05) is 16.5 Å². The number of fused-ring (bicyclic) bond motifs is 1. The third-order valence-electron chi connectivity index (χ3n) is 6.27. The number of carbonyl (C=O) groups excluding carboxylic acids is 1. The molecule has 8 nitrogen and oxygen atoms in total. The summed E-state index contributed by atoms with van der Waals surface area (Å²) < 4.78 is 34.5. The van der Waals surface area contributed by atoms with Crippen molar-refractivity contribution in [1.82, 2.24) is 18.8 Å². The van der Waals surface area contributed by atoms with Gasteiger partial charge < -0.3 is 14.2 Å². The second-order valence-electron chi connectivity index (χ2n) is 8.88. The average molecular weight is 435 g/mol. The maximum Gasteiger partial charge on any atom is 0.243 e. The van der Waals surface area contributed by atoms with E-state index in [0.29, 0.717) is 44.7 Å². The highest BCUT2D eigenvalue weighted by Gasteiger charge is 2.44. The van der Waals surface area contributed by atoms with Crippen LogP contribution in [0.15, 0.2) is 23.1 Å². The Bertz CT molecular complexity index is 1070. The Balaban J connectivity index is 1.53. The van der Waals surface area contributed by atoms with Gasteiger partial charge in [0.15, 0.2) is 0 Å². The molecule has 1 aromatic carbocycles. The van der Waals surface area contributed by atoms with Crippen molar-refractivity contribution >= 4 is 27.0 Å². The minimum atomic E-state index is -3.57. The lowest BCUT2D eigenvalue weighted by Crippen LogP contribution is -2.63. The Kier molecular flexibility index (Phi) is 5.40. The van der Waals surface area contributed by atoms with Crippen LogP contribution in [0, 0.1) is 0 Å². The van der Waals surface area contributed by atoms with E-state index >= 15 is 0 Å². The topological polar surface area (TPSA) is 84.7 Å². The predicted octanol–water partition coefficient (Wildman–Crippen LogP) is 1.93. The van der Waals surface area contributed by atoms with E-state index in [9.17, 15) is 13.2 Å². The number of morpholine rings is 1. The summed E-state index contributed by atoms with van der Waals surface area (Å²) in [6.45, 7) is 7.81. The van der Waals surface area contributed by atoms with Crippen LogP contribution >= 0.6 is 0 Å². The van der Waals surface area contributed by atoms with Crippen molar-refractivity contribution in [2.45, 2.75) is 56.5 Å². The van der Waals surface area contributed by atoms with Crippen LogP contribution in [0.25, 0.3) is 11.0 Å². The number of hydrogen-bond acceptors (Lipinski definition) is 5. The van der Waals surface area contributed by atoms with Gasteiger partial charge in [-0.2, -0.15) is 4.31 Å². The van der Waals surface area contributed by atoms with Crippen molar-refractivity contribution in [1.29, 1.82) is 0 Å². The average Bonchev–Trinajstić information content (AvgIpc) is 3.01. The van der Waals surface area contributed by atoms with Crippen LogP contribution in [0.3, 0.4) is 0 Å². The van der Waals surface area contributed by atoms with Crippen molar-refractivity contribution in [2.75, 3.05) is 26.3 Å². The molecule has 0 radical (unpaired) electrons. The molecule has 0 saturated carbocycles. The molecule has 1 aromatic heterocycles. The summed E-state index contributed by atoms with van der Waals surface area (Å²) >= 11 is 0. The molecule has 4 rings (SSSR count). The smallest absolute Gasteiger partial charge is 0.243 e. The molecule has 0 N–H and O–H groups in total. The summed E-state index contributed by atoms with van der Waals surface area (Å²) in [6, 6.07) is 5.34. The van der Waals surface area contributed by atoms with Gasteiger partial charge in [0.1, 0.15) is 5.82 Å². The highest BCUT2D eigenvalue weighted by Crippen LogP contribution is 2.36. The summed E-state index contributed by atoms with van der Waals surface area (Å²) in [5.41, 5.74) is 1.41. The van der Waals surface area contributed by atoms with E-state index in [0.717, 1.165) is 17.8 Å². The van der Waals surface area contributed by atoms with E-state index in [1.165, 1.54) is 4.31 Å². The molecule has 2 aromatic rings. The third kappa shape index (κ3) is 3.63. The number of sulfonamides is 1. The van der Waals surface area contributed by atoms with E-state index in [4.69, 9.17) is 4.74 Å². The summed E-state index contributed by atoms with van der Waals surface area (Å²) in [5, 5.41) is 0. The number of aromatic nitrogens is 2. The van der Waals surface area contributed by atoms with E-state index in [2.05, 4.69) is 25.8 Å². The number of likely N-dealkylation sites (tertiary alicyclic amines) is 1. The maximum atomic E-state index is 12.9. The van der Waals surface area contributed by atoms with Crippen molar-refractivity contribution in [2.24, 2.45) is 7.05 Å². The number of ether oxygens (including phenoxy) is 1. The molecule has 9 heteroatoms. The van der Waals surface area contributed by atoms with E-state index in [-0.39, 0.29) is 22.4 Å². The van der Waals surface area contributed by atoms with Crippen LogP contribution in [0.1, 0.15) is 39.4 Å². The molecule has 0 unspecified atom stereocenters. The Hall–Kier alpha value is -1.97. The van der Waals surface area contributed by atoms with Crippen LogP contribution in [0.5, 0.6) is 0 Å². The summed E-state index contributed by atoms with van der Waals surface area (Å²) in [4.78, 5) is 19.6. The third-order valence-corrected chi connectivity index (χ3v) is 8.17. The summed E-state index contributed by atoms with van der Waals surface area (Å²) in [6.07, 6.45) is 1.93. The van der Waals surface area contributed by atoms with Crippen molar-refractivity contribution < 1.29 is 17.9 Å². The molecular formula is C21H30N4O4S. The summed E-state index contributed by atoms with van der Waals surface area (Å²) in [7, 11) is -1.66. The van der Waals surface area contributed by atoms with Gasteiger partial charge in [0.25, 0.3) is 0 Å². The van der Waals surface area contributed by atoms with Gasteiger partial charge in [-0.05, 0) is 45.4 Å². The molecule has 1 atom stereocenters. The molecule has 0 bridgehead atoms. The van der Waals surface area contributed by atoms with Crippen LogP contribution in [0.4, 0.5) is 0 Å². The van der Waals surface area contributed by atoms with Gasteiger partial charge in [-0.3, -0.25) is 4.79 Å². The highest BCUT2D eigenvalue weighted by atomic mass is 32.2. The number of rotatable bonds is 5. The first-order valence-electron chi connectivity index (χ1n) is 10.5. The van der Waals surface area contributed by atoms with Gasteiger partial charge in [-0.1, -0.05) is 0 Å². The number of aryl methyl sites for hydroxylation is 2. The first-order chi connectivity index (χ1) is 14.1. The molecule has 0 aliphatic carbocycles. The molecule has 0 spiro atoms. The van der Waals surface area contributed by atoms with Crippen LogP contribution < -0.4 is 0 Å². The molecule has 2 aliphatic rings. The highest BCUT2D eigenvalue weighted by molar-refractivity contribution is 7.89. The largest absolute Gasteiger partial charge is 0.379 e. The van der Waals surface area contributed by atoms with E-state index < -0.39 is 10.0 Å². The van der Waals surface area contributed by atoms with E-state index in [1.54, 1.807) is 18.2 Å². The Labute approximate surface area is 177 Å². The lowest BCUT2D eigenvalue weighted by atomic mass is 9.82. The fourth-order valence-electron chi connectivity index (χ4n) is 4.87. The van der Waals surface area contributed by atoms with Gasteiger partial charge in [0, 0.05) is 44.6 Å². The minimum Gasteiger partial charge on any atom is -0.379 e.